The second-order valence-corrected chi connectivity index (χ2v) is 9.76. The number of hydrogen-bond acceptors (Lipinski definition) is 2. The van der Waals surface area contributed by atoms with Gasteiger partial charge in [0.05, 0.1) is 0 Å². The Morgan fingerprint density at radius 3 is 2.38 bits per heavy atom. The number of hydrogen-bond donors (Lipinski definition) is 1. The van der Waals surface area contributed by atoms with Crippen LogP contribution in [-0.2, 0) is 29.0 Å². The van der Waals surface area contributed by atoms with Crippen LogP contribution in [0.4, 0.5) is 0 Å². The van der Waals surface area contributed by atoms with E-state index in [9.17, 15) is 9.59 Å². The molecule has 32 heavy (non-hydrogen) atoms. The summed E-state index contributed by atoms with van der Waals surface area (Å²) in [4.78, 5) is 28.1. The maximum absolute atomic E-state index is 13.3. The van der Waals surface area contributed by atoms with Crippen LogP contribution in [0, 0.1) is 0 Å². The van der Waals surface area contributed by atoms with E-state index in [1.807, 2.05) is 31.2 Å². The fourth-order valence-corrected chi connectivity index (χ4v) is 4.77. The van der Waals surface area contributed by atoms with Gasteiger partial charge in [-0.25, -0.2) is 0 Å². The maximum Gasteiger partial charge on any atom is 0.242 e. The molecule has 1 N–H and O–H groups in total. The van der Waals surface area contributed by atoms with Crippen molar-refractivity contribution >= 4 is 27.7 Å². The van der Waals surface area contributed by atoms with Gasteiger partial charge in [-0.3, -0.25) is 9.59 Å². The third kappa shape index (κ3) is 7.19. The fraction of sp³-hybridized carbons (Fsp3) is 0.481. The Labute approximate surface area is 200 Å². The lowest BCUT2D eigenvalue weighted by Crippen LogP contribution is -2.50. The zero-order valence-electron chi connectivity index (χ0n) is 19.3. The van der Waals surface area contributed by atoms with E-state index >= 15 is 0 Å². The molecular formula is C27H35BrN2O2. The van der Waals surface area contributed by atoms with Crippen molar-refractivity contribution in [3.8, 4) is 0 Å². The van der Waals surface area contributed by atoms with Crippen LogP contribution >= 0.6 is 15.9 Å². The molecule has 0 aromatic heterocycles. The number of nitrogens with one attached hydrogen (secondary N) is 1. The number of amides is 2. The van der Waals surface area contributed by atoms with E-state index in [-0.39, 0.29) is 17.9 Å². The molecule has 2 amide bonds. The average molecular weight is 499 g/mol. The Balaban J connectivity index is 1.69. The van der Waals surface area contributed by atoms with Gasteiger partial charge >= 0.3 is 0 Å². The second-order valence-electron chi connectivity index (χ2n) is 8.84. The molecule has 4 nitrogen and oxygen atoms in total. The molecule has 1 fully saturated rings. The summed E-state index contributed by atoms with van der Waals surface area (Å²) >= 11 is 3.51. The molecule has 0 unspecified atom stereocenters. The quantitative estimate of drug-likeness (QED) is 0.474. The van der Waals surface area contributed by atoms with E-state index in [0.29, 0.717) is 19.4 Å². The monoisotopic (exact) mass is 498 g/mol. The highest BCUT2D eigenvalue weighted by Crippen LogP contribution is 2.20. The van der Waals surface area contributed by atoms with E-state index in [1.165, 1.54) is 12.0 Å². The molecule has 2 aromatic carbocycles. The zero-order chi connectivity index (χ0) is 22.9. The molecule has 0 heterocycles. The van der Waals surface area contributed by atoms with Crippen LogP contribution < -0.4 is 5.32 Å². The van der Waals surface area contributed by atoms with Crippen molar-refractivity contribution in [1.29, 1.82) is 0 Å². The molecule has 0 spiro atoms. The topological polar surface area (TPSA) is 49.4 Å². The van der Waals surface area contributed by atoms with E-state index in [4.69, 9.17) is 0 Å². The third-order valence-corrected chi connectivity index (χ3v) is 6.91. The summed E-state index contributed by atoms with van der Waals surface area (Å²) < 4.78 is 0.970. The highest BCUT2D eigenvalue weighted by atomic mass is 79.9. The molecule has 0 saturated heterocycles. The van der Waals surface area contributed by atoms with Gasteiger partial charge < -0.3 is 10.2 Å². The molecule has 1 saturated carbocycles. The SMILES string of the molecule is CCc1ccc(CCC(=O)N(Cc2cccc(Br)c2)[C@@H](C)C(=O)NC2CCCCC2)cc1. The largest absolute Gasteiger partial charge is 0.352 e. The molecule has 0 radical (unpaired) electrons. The number of aryl methyl sites for hydroxylation is 2. The van der Waals surface area contributed by atoms with Crippen LogP contribution in [0.25, 0.3) is 0 Å². The van der Waals surface area contributed by atoms with Crippen molar-refractivity contribution in [1.82, 2.24) is 10.2 Å². The molecule has 3 rings (SSSR count). The van der Waals surface area contributed by atoms with E-state index in [0.717, 1.165) is 47.7 Å². The van der Waals surface area contributed by atoms with Gasteiger partial charge in [-0.05, 0) is 61.4 Å². The fourth-order valence-electron chi connectivity index (χ4n) is 4.32. The van der Waals surface area contributed by atoms with Crippen LogP contribution in [0.5, 0.6) is 0 Å². The minimum absolute atomic E-state index is 0.0100. The first-order valence-electron chi connectivity index (χ1n) is 11.9. The van der Waals surface area contributed by atoms with Crippen LogP contribution in [0.15, 0.2) is 53.0 Å². The summed E-state index contributed by atoms with van der Waals surface area (Å²) in [5, 5.41) is 3.20. The first kappa shape index (κ1) is 24.5. The van der Waals surface area contributed by atoms with Gasteiger partial charge in [0, 0.05) is 23.5 Å². The van der Waals surface area contributed by atoms with Crippen LogP contribution in [0.2, 0.25) is 0 Å². The van der Waals surface area contributed by atoms with Crippen molar-refractivity contribution in [2.24, 2.45) is 0 Å². The molecule has 172 valence electrons. The van der Waals surface area contributed by atoms with Crippen molar-refractivity contribution in [2.75, 3.05) is 0 Å². The first-order chi connectivity index (χ1) is 15.5. The molecule has 2 aromatic rings. The van der Waals surface area contributed by atoms with Crippen molar-refractivity contribution in [3.63, 3.8) is 0 Å². The van der Waals surface area contributed by atoms with Gasteiger partial charge in [0.2, 0.25) is 11.8 Å². The maximum atomic E-state index is 13.3. The van der Waals surface area contributed by atoms with Gasteiger partial charge in [-0.2, -0.15) is 0 Å². The van der Waals surface area contributed by atoms with Crippen LogP contribution in [0.3, 0.4) is 0 Å². The summed E-state index contributed by atoms with van der Waals surface area (Å²) in [5.74, 6) is -0.0385. The van der Waals surface area contributed by atoms with Crippen LogP contribution in [0.1, 0.15) is 69.1 Å². The Hall–Kier alpha value is -2.14. The Bertz CT molecular complexity index is 891. The smallest absolute Gasteiger partial charge is 0.242 e. The number of rotatable bonds is 9. The highest BCUT2D eigenvalue weighted by Gasteiger charge is 2.28. The number of halogens is 1. The molecule has 1 aliphatic rings. The normalized spacial score (nSPS) is 15.2. The van der Waals surface area contributed by atoms with Crippen LogP contribution in [-0.4, -0.2) is 28.8 Å². The van der Waals surface area contributed by atoms with Crippen molar-refractivity contribution in [2.45, 2.75) is 83.8 Å². The molecule has 1 aliphatic carbocycles. The summed E-state index contributed by atoms with van der Waals surface area (Å²) in [5.41, 5.74) is 3.46. The van der Waals surface area contributed by atoms with Gasteiger partial charge in [0.15, 0.2) is 0 Å². The lowest BCUT2D eigenvalue weighted by atomic mass is 9.95. The van der Waals surface area contributed by atoms with Crippen molar-refractivity contribution < 1.29 is 9.59 Å². The van der Waals surface area contributed by atoms with Gasteiger partial charge in [0.25, 0.3) is 0 Å². The molecule has 0 aliphatic heterocycles. The predicted molar refractivity (Wildman–Crippen MR) is 133 cm³/mol. The van der Waals surface area contributed by atoms with Crippen molar-refractivity contribution in [3.05, 3.63) is 69.7 Å². The molecule has 1 atom stereocenters. The molecule has 5 heteroatoms. The van der Waals surface area contributed by atoms with Gasteiger partial charge in [-0.15, -0.1) is 0 Å². The van der Waals surface area contributed by atoms with Gasteiger partial charge in [0.1, 0.15) is 6.04 Å². The molecular weight excluding hydrogens is 464 g/mol. The highest BCUT2D eigenvalue weighted by molar-refractivity contribution is 9.10. The van der Waals surface area contributed by atoms with Gasteiger partial charge in [-0.1, -0.05) is 78.5 Å². The molecule has 0 bridgehead atoms. The average Bonchev–Trinajstić information content (AvgIpc) is 2.81. The standard InChI is InChI=1S/C27H35BrN2O2/c1-3-21-12-14-22(15-13-21)16-17-26(31)30(19-23-8-7-9-24(28)18-23)20(2)27(32)29-25-10-5-4-6-11-25/h7-9,12-15,18,20,25H,3-6,10-11,16-17,19H2,1-2H3,(H,29,32)/t20-/m0/s1. The van der Waals surface area contributed by atoms with E-state index in [2.05, 4.69) is 52.4 Å². The zero-order valence-corrected chi connectivity index (χ0v) is 20.9. The number of benzene rings is 2. The summed E-state index contributed by atoms with van der Waals surface area (Å²) in [7, 11) is 0. The summed E-state index contributed by atoms with van der Waals surface area (Å²) in [6.45, 7) is 4.41. The van der Waals surface area contributed by atoms with E-state index < -0.39 is 6.04 Å². The Morgan fingerprint density at radius 1 is 1.03 bits per heavy atom. The van der Waals surface area contributed by atoms with E-state index in [1.54, 1.807) is 4.90 Å². The Kier molecular flexibility index (Phi) is 9.34. The number of nitrogens with zero attached hydrogens (tertiary/aromatic N) is 1. The second kappa shape index (κ2) is 12.2. The Morgan fingerprint density at radius 2 is 1.72 bits per heavy atom. The number of carbonyl (C=O) groups excluding carboxylic acids is 2. The third-order valence-electron chi connectivity index (χ3n) is 6.42. The lowest BCUT2D eigenvalue weighted by Gasteiger charge is -2.31. The first-order valence-corrected chi connectivity index (χ1v) is 12.7. The number of carbonyl (C=O) groups is 2. The lowest BCUT2D eigenvalue weighted by molar-refractivity contribution is -0.141. The predicted octanol–water partition coefficient (Wildman–Crippen LogP) is 5.81. The minimum atomic E-state index is -0.508. The summed E-state index contributed by atoms with van der Waals surface area (Å²) in [6.07, 6.45) is 7.71. The minimum Gasteiger partial charge on any atom is -0.352 e. The summed E-state index contributed by atoms with van der Waals surface area (Å²) in [6, 6.07) is 16.1.